The molecule has 5 nitrogen and oxygen atoms in total. The second-order valence-corrected chi connectivity index (χ2v) is 4.24. The van der Waals surface area contributed by atoms with Gasteiger partial charge in [-0.3, -0.25) is 0 Å². The fourth-order valence-electron chi connectivity index (χ4n) is 1.82. The summed E-state index contributed by atoms with van der Waals surface area (Å²) in [6.07, 6.45) is 1.82. The van der Waals surface area contributed by atoms with Crippen molar-refractivity contribution in [1.29, 1.82) is 5.26 Å². The standard InChI is InChI=1S/C12H12ClN3O2/c1-2-18-11-4-3-8(5-9(11)13)10-6-16(7-14)12(17)15-10/h3-5,10H,2,6H2,1H3,(H,15,17). The van der Waals surface area contributed by atoms with Crippen molar-refractivity contribution in [3.63, 3.8) is 0 Å². The van der Waals surface area contributed by atoms with Gasteiger partial charge >= 0.3 is 6.03 Å². The number of ether oxygens (including phenoxy) is 1. The molecule has 0 aromatic heterocycles. The molecule has 0 saturated carbocycles. The molecule has 0 aliphatic carbocycles. The molecule has 2 rings (SSSR count). The number of hydrogen-bond acceptors (Lipinski definition) is 3. The number of nitrogens with zero attached hydrogens (tertiary/aromatic N) is 2. The summed E-state index contributed by atoms with van der Waals surface area (Å²) in [6.45, 7) is 2.74. The van der Waals surface area contributed by atoms with Crippen molar-refractivity contribution in [1.82, 2.24) is 10.2 Å². The van der Waals surface area contributed by atoms with Crippen molar-refractivity contribution in [2.75, 3.05) is 13.2 Å². The monoisotopic (exact) mass is 265 g/mol. The van der Waals surface area contributed by atoms with Gasteiger partial charge in [-0.15, -0.1) is 0 Å². The van der Waals surface area contributed by atoms with Crippen molar-refractivity contribution < 1.29 is 9.53 Å². The number of halogens is 1. The Hall–Kier alpha value is -1.93. The van der Waals surface area contributed by atoms with Crippen LogP contribution in [0.3, 0.4) is 0 Å². The van der Waals surface area contributed by atoms with E-state index in [9.17, 15) is 4.79 Å². The largest absolute Gasteiger partial charge is 0.492 e. The van der Waals surface area contributed by atoms with Crippen LogP contribution < -0.4 is 10.1 Å². The first-order valence-electron chi connectivity index (χ1n) is 5.55. The molecule has 6 heteroatoms. The highest BCUT2D eigenvalue weighted by Gasteiger charge is 2.30. The van der Waals surface area contributed by atoms with E-state index in [1.165, 1.54) is 0 Å². The minimum atomic E-state index is -0.382. The zero-order valence-electron chi connectivity index (χ0n) is 9.81. The molecule has 1 atom stereocenters. The molecule has 0 radical (unpaired) electrons. The summed E-state index contributed by atoms with van der Waals surface area (Å²) in [5, 5.41) is 12.0. The van der Waals surface area contributed by atoms with Crippen LogP contribution in [0.2, 0.25) is 5.02 Å². The lowest BCUT2D eigenvalue weighted by molar-refractivity contribution is 0.232. The summed E-state index contributed by atoms with van der Waals surface area (Å²) >= 11 is 6.08. The Balaban J connectivity index is 2.18. The molecule has 0 spiro atoms. The number of nitriles is 1. The minimum Gasteiger partial charge on any atom is -0.492 e. The third-order valence-corrected chi connectivity index (χ3v) is 2.98. The molecule has 0 bridgehead atoms. The van der Waals surface area contributed by atoms with E-state index in [0.717, 1.165) is 10.5 Å². The molecule has 1 aromatic rings. The predicted octanol–water partition coefficient (Wildman–Crippen LogP) is 2.29. The molecule has 1 aromatic carbocycles. The molecule has 1 saturated heterocycles. The normalized spacial score (nSPS) is 18.4. The first-order valence-corrected chi connectivity index (χ1v) is 5.93. The maximum Gasteiger partial charge on any atom is 0.331 e. The van der Waals surface area contributed by atoms with Crippen LogP contribution in [0.15, 0.2) is 18.2 Å². The van der Waals surface area contributed by atoms with E-state index < -0.39 is 0 Å². The maximum atomic E-state index is 11.4. The fourth-order valence-corrected chi connectivity index (χ4v) is 2.06. The smallest absolute Gasteiger partial charge is 0.331 e. The van der Waals surface area contributed by atoms with E-state index >= 15 is 0 Å². The Morgan fingerprint density at radius 1 is 1.67 bits per heavy atom. The first kappa shape index (κ1) is 12.5. The Bertz CT molecular complexity index is 513. The Labute approximate surface area is 110 Å². The van der Waals surface area contributed by atoms with E-state index in [1.54, 1.807) is 12.1 Å². The van der Waals surface area contributed by atoms with Crippen molar-refractivity contribution in [3.05, 3.63) is 28.8 Å². The van der Waals surface area contributed by atoms with Gasteiger partial charge in [-0.25, -0.2) is 9.69 Å². The number of urea groups is 1. The second-order valence-electron chi connectivity index (χ2n) is 3.84. The first-order chi connectivity index (χ1) is 8.65. The highest BCUT2D eigenvalue weighted by Crippen LogP contribution is 2.29. The van der Waals surface area contributed by atoms with Gasteiger partial charge in [0.2, 0.25) is 0 Å². The lowest BCUT2D eigenvalue weighted by atomic mass is 10.1. The maximum absolute atomic E-state index is 11.4. The second kappa shape index (κ2) is 5.15. The van der Waals surface area contributed by atoms with Crippen molar-refractivity contribution in [2.24, 2.45) is 0 Å². The van der Waals surface area contributed by atoms with Crippen LogP contribution in [0.1, 0.15) is 18.5 Å². The van der Waals surface area contributed by atoms with Gasteiger partial charge in [-0.05, 0) is 24.6 Å². The fraction of sp³-hybridized carbons (Fsp3) is 0.333. The summed E-state index contributed by atoms with van der Waals surface area (Å²) in [5.41, 5.74) is 0.856. The Kier molecular flexibility index (Phi) is 3.58. The van der Waals surface area contributed by atoms with Crippen LogP contribution in [-0.4, -0.2) is 24.1 Å². The third-order valence-electron chi connectivity index (χ3n) is 2.69. The van der Waals surface area contributed by atoms with Crippen molar-refractivity contribution >= 4 is 17.6 Å². The van der Waals surface area contributed by atoms with Crippen molar-refractivity contribution in [3.8, 4) is 11.9 Å². The third kappa shape index (κ3) is 2.34. The number of hydrogen-bond donors (Lipinski definition) is 1. The van der Waals surface area contributed by atoms with E-state index in [2.05, 4.69) is 5.32 Å². The highest BCUT2D eigenvalue weighted by molar-refractivity contribution is 6.32. The van der Waals surface area contributed by atoms with Crippen LogP contribution in [0.4, 0.5) is 4.79 Å². The number of carbonyl (C=O) groups is 1. The summed E-state index contributed by atoms with van der Waals surface area (Å²) < 4.78 is 5.34. The van der Waals surface area contributed by atoms with Crippen LogP contribution >= 0.6 is 11.6 Å². The molecule has 94 valence electrons. The molecule has 1 fully saturated rings. The lowest BCUT2D eigenvalue weighted by Gasteiger charge is -2.12. The van der Waals surface area contributed by atoms with Gasteiger partial charge in [-0.2, -0.15) is 5.26 Å². The molecule has 1 unspecified atom stereocenters. The van der Waals surface area contributed by atoms with E-state index in [4.69, 9.17) is 21.6 Å². The van der Waals surface area contributed by atoms with E-state index in [-0.39, 0.29) is 12.1 Å². The summed E-state index contributed by atoms with van der Waals surface area (Å²) in [7, 11) is 0. The van der Waals surface area contributed by atoms with Gasteiger partial charge in [0, 0.05) is 0 Å². The minimum absolute atomic E-state index is 0.217. The molecule has 1 heterocycles. The molecule has 18 heavy (non-hydrogen) atoms. The van der Waals surface area contributed by atoms with Gasteiger partial charge in [0.05, 0.1) is 24.2 Å². The summed E-state index contributed by atoms with van der Waals surface area (Å²) in [4.78, 5) is 12.5. The molecule has 2 amide bonds. The quantitative estimate of drug-likeness (QED) is 0.853. The van der Waals surface area contributed by atoms with Crippen LogP contribution in [-0.2, 0) is 0 Å². The van der Waals surface area contributed by atoms with Gasteiger partial charge < -0.3 is 10.1 Å². The number of rotatable bonds is 3. The average molecular weight is 266 g/mol. The number of nitrogens with one attached hydrogen (secondary N) is 1. The lowest BCUT2D eigenvalue weighted by Crippen LogP contribution is -2.23. The summed E-state index contributed by atoms with van der Waals surface area (Å²) in [5.74, 6) is 0.615. The van der Waals surface area contributed by atoms with Crippen LogP contribution in [0.5, 0.6) is 5.75 Å². The predicted molar refractivity (Wildman–Crippen MR) is 66.2 cm³/mol. The molecule has 1 aliphatic heterocycles. The van der Waals surface area contributed by atoms with Crippen LogP contribution in [0.25, 0.3) is 0 Å². The summed E-state index contributed by atoms with van der Waals surface area (Å²) in [6, 6.07) is 4.75. The zero-order chi connectivity index (χ0) is 13.1. The molecular weight excluding hydrogens is 254 g/mol. The van der Waals surface area contributed by atoms with E-state index in [0.29, 0.717) is 23.9 Å². The molecular formula is C12H12ClN3O2. The zero-order valence-corrected chi connectivity index (χ0v) is 10.6. The van der Waals surface area contributed by atoms with Gasteiger partial charge in [0.25, 0.3) is 0 Å². The SMILES string of the molecule is CCOc1ccc(C2CN(C#N)C(=O)N2)cc1Cl. The van der Waals surface area contributed by atoms with E-state index in [1.807, 2.05) is 19.2 Å². The topological polar surface area (TPSA) is 65.4 Å². The Morgan fingerprint density at radius 3 is 3.00 bits per heavy atom. The highest BCUT2D eigenvalue weighted by atomic mass is 35.5. The molecule has 1 N–H and O–H groups in total. The van der Waals surface area contributed by atoms with Crippen molar-refractivity contribution in [2.45, 2.75) is 13.0 Å². The van der Waals surface area contributed by atoms with Gasteiger partial charge in [0.1, 0.15) is 5.75 Å². The average Bonchev–Trinajstić information content (AvgIpc) is 2.73. The van der Waals surface area contributed by atoms with Gasteiger partial charge in [-0.1, -0.05) is 17.7 Å². The van der Waals surface area contributed by atoms with Gasteiger partial charge in [0.15, 0.2) is 6.19 Å². The number of benzene rings is 1. The molecule has 1 aliphatic rings. The Morgan fingerprint density at radius 2 is 2.44 bits per heavy atom. The number of amides is 2. The number of carbonyl (C=O) groups excluding carboxylic acids is 1. The van der Waals surface area contributed by atoms with Crippen LogP contribution in [0, 0.1) is 11.5 Å².